The molecule has 0 fully saturated rings. The highest BCUT2D eigenvalue weighted by molar-refractivity contribution is 5.76. The number of hydrogen-bond acceptors (Lipinski definition) is 3. The molecule has 1 rings (SSSR count). The Bertz CT molecular complexity index is 404. The third-order valence-corrected chi connectivity index (χ3v) is 2.10. The highest BCUT2D eigenvalue weighted by Crippen LogP contribution is 2.24. The van der Waals surface area contributed by atoms with Crippen LogP contribution in [0.4, 0.5) is 15.8 Å². The molecule has 1 aromatic rings. The van der Waals surface area contributed by atoms with Crippen LogP contribution in [0.3, 0.4) is 0 Å². The predicted octanol–water partition coefficient (Wildman–Crippen LogP) is 1.47. The standard InChI is InChI=1S/C11H16FN3O/c1-11(2,6-10(14)16)15-9-5-7(12)3-4-8(9)13/h3-5,15H,6,13H2,1-2H3,(H2,14,16). The molecule has 0 unspecified atom stereocenters. The Kier molecular flexibility index (Phi) is 3.37. The number of hydrogen-bond donors (Lipinski definition) is 3. The van der Waals surface area contributed by atoms with E-state index in [2.05, 4.69) is 5.32 Å². The van der Waals surface area contributed by atoms with Gasteiger partial charge in [0.25, 0.3) is 0 Å². The molecule has 0 spiro atoms. The van der Waals surface area contributed by atoms with Gasteiger partial charge in [0.05, 0.1) is 11.4 Å². The van der Waals surface area contributed by atoms with Crippen LogP contribution >= 0.6 is 0 Å². The number of benzene rings is 1. The van der Waals surface area contributed by atoms with Gasteiger partial charge in [-0.2, -0.15) is 0 Å². The van der Waals surface area contributed by atoms with Crippen molar-refractivity contribution in [3.8, 4) is 0 Å². The third-order valence-electron chi connectivity index (χ3n) is 2.10. The Balaban J connectivity index is 2.86. The Labute approximate surface area is 93.8 Å². The van der Waals surface area contributed by atoms with Gasteiger partial charge in [-0.1, -0.05) is 0 Å². The van der Waals surface area contributed by atoms with Gasteiger partial charge >= 0.3 is 0 Å². The Morgan fingerprint density at radius 2 is 2.12 bits per heavy atom. The van der Waals surface area contributed by atoms with Gasteiger partial charge in [0.1, 0.15) is 5.82 Å². The van der Waals surface area contributed by atoms with E-state index < -0.39 is 11.4 Å². The number of nitrogens with one attached hydrogen (secondary N) is 1. The molecular formula is C11H16FN3O. The van der Waals surface area contributed by atoms with E-state index in [1.54, 1.807) is 13.8 Å². The van der Waals surface area contributed by atoms with Crippen molar-refractivity contribution in [2.75, 3.05) is 11.1 Å². The lowest BCUT2D eigenvalue weighted by Crippen LogP contribution is -2.36. The van der Waals surface area contributed by atoms with E-state index in [1.807, 2.05) is 0 Å². The molecule has 0 atom stereocenters. The minimum Gasteiger partial charge on any atom is -0.397 e. The lowest BCUT2D eigenvalue weighted by molar-refractivity contribution is -0.118. The van der Waals surface area contributed by atoms with E-state index in [4.69, 9.17) is 11.5 Å². The Morgan fingerprint density at radius 1 is 1.50 bits per heavy atom. The quantitative estimate of drug-likeness (QED) is 0.679. The van der Waals surface area contributed by atoms with Crippen LogP contribution in [0.2, 0.25) is 0 Å². The fraction of sp³-hybridized carbons (Fsp3) is 0.364. The molecule has 0 aliphatic rings. The first-order valence-corrected chi connectivity index (χ1v) is 4.92. The summed E-state index contributed by atoms with van der Waals surface area (Å²) in [6, 6.07) is 4.04. The number of nitrogen functional groups attached to an aromatic ring is 1. The van der Waals surface area contributed by atoms with Crippen LogP contribution in [-0.2, 0) is 4.79 Å². The summed E-state index contributed by atoms with van der Waals surface area (Å²) in [6.45, 7) is 3.59. The van der Waals surface area contributed by atoms with Crippen LogP contribution in [0, 0.1) is 5.82 Å². The van der Waals surface area contributed by atoms with Crippen molar-refractivity contribution in [2.45, 2.75) is 25.8 Å². The first-order valence-electron chi connectivity index (χ1n) is 4.92. The number of primary amides is 1. The number of halogens is 1. The second kappa shape index (κ2) is 4.38. The predicted molar refractivity (Wildman–Crippen MR) is 62.3 cm³/mol. The van der Waals surface area contributed by atoms with E-state index in [9.17, 15) is 9.18 Å². The molecule has 88 valence electrons. The third kappa shape index (κ3) is 3.42. The molecule has 1 amide bonds. The fourth-order valence-corrected chi connectivity index (χ4v) is 1.48. The molecule has 0 radical (unpaired) electrons. The van der Waals surface area contributed by atoms with Crippen molar-refractivity contribution >= 4 is 17.3 Å². The van der Waals surface area contributed by atoms with E-state index in [0.717, 1.165) is 0 Å². The fourth-order valence-electron chi connectivity index (χ4n) is 1.48. The van der Waals surface area contributed by atoms with Gasteiger partial charge in [-0.25, -0.2) is 4.39 Å². The normalized spacial score (nSPS) is 11.2. The molecule has 0 heterocycles. The van der Waals surface area contributed by atoms with Gasteiger partial charge in [0.15, 0.2) is 0 Å². The second-order valence-corrected chi connectivity index (χ2v) is 4.38. The maximum Gasteiger partial charge on any atom is 0.219 e. The molecular weight excluding hydrogens is 209 g/mol. The monoisotopic (exact) mass is 225 g/mol. The summed E-state index contributed by atoms with van der Waals surface area (Å²) in [5, 5.41) is 2.99. The van der Waals surface area contributed by atoms with Crippen molar-refractivity contribution in [2.24, 2.45) is 5.73 Å². The lowest BCUT2D eigenvalue weighted by atomic mass is 9.99. The molecule has 0 aromatic heterocycles. The average Bonchev–Trinajstić information content (AvgIpc) is 2.08. The number of carbonyl (C=O) groups is 1. The smallest absolute Gasteiger partial charge is 0.219 e. The summed E-state index contributed by atoms with van der Waals surface area (Å²) in [7, 11) is 0. The highest BCUT2D eigenvalue weighted by atomic mass is 19.1. The van der Waals surface area contributed by atoms with Crippen molar-refractivity contribution in [1.29, 1.82) is 0 Å². The molecule has 4 nitrogen and oxygen atoms in total. The van der Waals surface area contributed by atoms with Crippen LogP contribution in [0.25, 0.3) is 0 Å². The van der Waals surface area contributed by atoms with Crippen LogP contribution in [0.1, 0.15) is 20.3 Å². The average molecular weight is 225 g/mol. The Hall–Kier alpha value is -1.78. The first kappa shape index (κ1) is 12.3. The van der Waals surface area contributed by atoms with Crippen molar-refractivity contribution in [3.63, 3.8) is 0 Å². The minimum absolute atomic E-state index is 0.142. The van der Waals surface area contributed by atoms with Crippen molar-refractivity contribution < 1.29 is 9.18 Å². The van der Waals surface area contributed by atoms with Gasteiger partial charge < -0.3 is 16.8 Å². The van der Waals surface area contributed by atoms with Gasteiger partial charge in [0.2, 0.25) is 5.91 Å². The lowest BCUT2D eigenvalue weighted by Gasteiger charge is -2.26. The van der Waals surface area contributed by atoms with Gasteiger partial charge in [-0.3, -0.25) is 4.79 Å². The molecule has 0 bridgehead atoms. The number of rotatable bonds is 4. The number of amides is 1. The largest absolute Gasteiger partial charge is 0.397 e. The summed E-state index contributed by atoms with van der Waals surface area (Å²) >= 11 is 0. The SMILES string of the molecule is CC(C)(CC(N)=O)Nc1cc(F)ccc1N. The van der Waals surface area contributed by atoms with Gasteiger partial charge in [-0.15, -0.1) is 0 Å². The highest BCUT2D eigenvalue weighted by Gasteiger charge is 2.21. The van der Waals surface area contributed by atoms with Gasteiger partial charge in [0, 0.05) is 12.0 Å². The minimum atomic E-state index is -0.562. The summed E-state index contributed by atoms with van der Waals surface area (Å²) in [5.74, 6) is -0.806. The molecule has 5 N–H and O–H groups in total. The second-order valence-electron chi connectivity index (χ2n) is 4.38. The maximum atomic E-state index is 13.0. The molecule has 0 aliphatic carbocycles. The zero-order valence-corrected chi connectivity index (χ0v) is 9.38. The molecule has 1 aromatic carbocycles. The maximum absolute atomic E-state index is 13.0. The zero-order valence-electron chi connectivity index (χ0n) is 9.38. The van der Waals surface area contributed by atoms with Crippen molar-refractivity contribution in [3.05, 3.63) is 24.0 Å². The number of nitrogens with two attached hydrogens (primary N) is 2. The summed E-state index contributed by atoms with van der Waals surface area (Å²) in [4.78, 5) is 10.8. The Morgan fingerprint density at radius 3 is 2.69 bits per heavy atom. The van der Waals surface area contributed by atoms with E-state index in [0.29, 0.717) is 11.4 Å². The van der Waals surface area contributed by atoms with Gasteiger partial charge in [-0.05, 0) is 32.0 Å². The molecule has 0 saturated carbocycles. The van der Waals surface area contributed by atoms with Crippen LogP contribution in [0.15, 0.2) is 18.2 Å². The summed E-state index contributed by atoms with van der Waals surface area (Å²) in [5.41, 5.74) is 11.1. The molecule has 0 aliphatic heterocycles. The van der Waals surface area contributed by atoms with Crippen LogP contribution < -0.4 is 16.8 Å². The van der Waals surface area contributed by atoms with E-state index in [-0.39, 0.29) is 12.2 Å². The van der Waals surface area contributed by atoms with Crippen LogP contribution in [-0.4, -0.2) is 11.4 Å². The summed E-state index contributed by atoms with van der Waals surface area (Å²) < 4.78 is 13.0. The topological polar surface area (TPSA) is 81.1 Å². The molecule has 0 saturated heterocycles. The number of anilines is 2. The van der Waals surface area contributed by atoms with Crippen molar-refractivity contribution in [1.82, 2.24) is 0 Å². The zero-order chi connectivity index (χ0) is 12.3. The molecule has 5 heteroatoms. The summed E-state index contributed by atoms with van der Waals surface area (Å²) in [6.07, 6.45) is 0.142. The molecule has 16 heavy (non-hydrogen) atoms. The first-order chi connectivity index (χ1) is 7.30. The van der Waals surface area contributed by atoms with E-state index >= 15 is 0 Å². The number of carbonyl (C=O) groups excluding carboxylic acids is 1. The van der Waals surface area contributed by atoms with E-state index in [1.165, 1.54) is 18.2 Å². The van der Waals surface area contributed by atoms with Crippen LogP contribution in [0.5, 0.6) is 0 Å².